The van der Waals surface area contributed by atoms with E-state index in [0.29, 0.717) is 12.1 Å². The summed E-state index contributed by atoms with van der Waals surface area (Å²) in [6.07, 6.45) is 4.67. The number of carbonyl (C=O) groups is 1. The molecule has 0 saturated carbocycles. The molecular formula is C18H18N2O3. The van der Waals surface area contributed by atoms with E-state index in [-0.39, 0.29) is 17.1 Å². The molecule has 0 atom stereocenters. The van der Waals surface area contributed by atoms with Crippen molar-refractivity contribution in [3.8, 4) is 5.75 Å². The van der Waals surface area contributed by atoms with Crippen molar-refractivity contribution in [3.05, 3.63) is 53.9 Å². The Hall–Kier alpha value is -2.40. The van der Waals surface area contributed by atoms with Gasteiger partial charge in [0.1, 0.15) is 5.75 Å². The van der Waals surface area contributed by atoms with E-state index in [9.17, 15) is 9.90 Å². The molecule has 23 heavy (non-hydrogen) atoms. The van der Waals surface area contributed by atoms with Gasteiger partial charge in [0.15, 0.2) is 0 Å². The lowest BCUT2D eigenvalue weighted by atomic mass is 9.76. The van der Waals surface area contributed by atoms with Crippen molar-refractivity contribution in [3.63, 3.8) is 0 Å². The van der Waals surface area contributed by atoms with Crippen LogP contribution in [0.3, 0.4) is 0 Å². The quantitative estimate of drug-likeness (QED) is 0.879. The molecule has 4 rings (SSSR count). The number of rotatable bonds is 1. The molecule has 1 fully saturated rings. The lowest BCUT2D eigenvalue weighted by molar-refractivity contribution is 0.0547. The number of hydrogen-bond acceptors (Lipinski definition) is 4. The number of benzene rings is 1. The zero-order valence-electron chi connectivity index (χ0n) is 12.7. The maximum atomic E-state index is 12.9. The van der Waals surface area contributed by atoms with Crippen LogP contribution in [-0.2, 0) is 10.2 Å². The lowest BCUT2D eigenvalue weighted by Gasteiger charge is -2.34. The van der Waals surface area contributed by atoms with Gasteiger partial charge in [-0.25, -0.2) is 0 Å². The summed E-state index contributed by atoms with van der Waals surface area (Å²) in [4.78, 5) is 18.7. The lowest BCUT2D eigenvalue weighted by Crippen LogP contribution is -2.40. The van der Waals surface area contributed by atoms with E-state index in [1.807, 2.05) is 23.1 Å². The van der Waals surface area contributed by atoms with Crippen LogP contribution < -0.4 is 4.90 Å². The summed E-state index contributed by atoms with van der Waals surface area (Å²) < 4.78 is 5.52. The molecular weight excluding hydrogens is 292 g/mol. The van der Waals surface area contributed by atoms with Gasteiger partial charge < -0.3 is 14.7 Å². The fourth-order valence-corrected chi connectivity index (χ4v) is 3.70. The zero-order valence-corrected chi connectivity index (χ0v) is 12.7. The number of ether oxygens (including phenoxy) is 1. The Bertz CT molecular complexity index is 753. The second kappa shape index (κ2) is 5.35. The van der Waals surface area contributed by atoms with Crippen molar-refractivity contribution in [2.24, 2.45) is 0 Å². The first-order valence-electron chi connectivity index (χ1n) is 7.83. The molecule has 1 amide bonds. The first-order chi connectivity index (χ1) is 11.2. The minimum absolute atomic E-state index is 0.00381. The number of aromatic nitrogens is 1. The van der Waals surface area contributed by atoms with Gasteiger partial charge in [-0.2, -0.15) is 0 Å². The average molecular weight is 310 g/mol. The van der Waals surface area contributed by atoms with Gasteiger partial charge in [-0.1, -0.05) is 18.2 Å². The minimum atomic E-state index is -0.121. The van der Waals surface area contributed by atoms with Crippen molar-refractivity contribution in [2.75, 3.05) is 24.7 Å². The van der Waals surface area contributed by atoms with E-state index in [0.717, 1.165) is 31.7 Å². The molecule has 0 radical (unpaired) electrons. The summed E-state index contributed by atoms with van der Waals surface area (Å²) in [6, 6.07) is 9.56. The van der Waals surface area contributed by atoms with E-state index in [2.05, 4.69) is 11.1 Å². The van der Waals surface area contributed by atoms with E-state index in [4.69, 9.17) is 4.74 Å². The SMILES string of the molecule is O=C(c1cncc(O)c1)N1CC2(CCOCC2)c2ccccc21. The van der Waals surface area contributed by atoms with Crippen LogP contribution in [0.25, 0.3) is 0 Å². The number of anilines is 1. The van der Waals surface area contributed by atoms with Gasteiger partial charge in [0, 0.05) is 37.1 Å². The van der Waals surface area contributed by atoms with E-state index >= 15 is 0 Å². The molecule has 118 valence electrons. The van der Waals surface area contributed by atoms with Crippen molar-refractivity contribution in [1.29, 1.82) is 0 Å². The highest BCUT2D eigenvalue weighted by atomic mass is 16.5. The number of fused-ring (bicyclic) bond motifs is 2. The van der Waals surface area contributed by atoms with Gasteiger partial charge in [0.2, 0.25) is 0 Å². The Morgan fingerprint density at radius 1 is 1.22 bits per heavy atom. The molecule has 5 nitrogen and oxygen atoms in total. The molecule has 1 aromatic heterocycles. The maximum absolute atomic E-state index is 12.9. The molecule has 0 unspecified atom stereocenters. The van der Waals surface area contributed by atoms with E-state index in [1.54, 1.807) is 0 Å². The summed E-state index contributed by atoms with van der Waals surface area (Å²) in [7, 11) is 0. The van der Waals surface area contributed by atoms with Crippen LogP contribution in [0.1, 0.15) is 28.8 Å². The number of aromatic hydroxyl groups is 1. The summed E-state index contributed by atoms with van der Waals surface area (Å²) in [5.74, 6) is -0.117. The molecule has 3 heterocycles. The van der Waals surface area contributed by atoms with Gasteiger partial charge >= 0.3 is 0 Å². The number of pyridine rings is 1. The van der Waals surface area contributed by atoms with Crippen LogP contribution in [0, 0.1) is 0 Å². The fourth-order valence-electron chi connectivity index (χ4n) is 3.70. The van der Waals surface area contributed by atoms with Gasteiger partial charge in [0.05, 0.1) is 11.8 Å². The van der Waals surface area contributed by atoms with Crippen molar-refractivity contribution in [1.82, 2.24) is 4.98 Å². The van der Waals surface area contributed by atoms with Crippen molar-refractivity contribution < 1.29 is 14.6 Å². The standard InChI is InChI=1S/C18H18N2O3/c21-14-9-13(10-19-11-14)17(22)20-12-18(5-7-23-8-6-18)15-3-1-2-4-16(15)20/h1-4,9-11,21H,5-8,12H2. The topological polar surface area (TPSA) is 62.7 Å². The van der Waals surface area contributed by atoms with E-state index in [1.165, 1.54) is 24.0 Å². The normalized spacial score (nSPS) is 18.9. The molecule has 2 aliphatic heterocycles. The number of nitrogens with zero attached hydrogens (tertiary/aromatic N) is 2. The molecule has 5 heteroatoms. The van der Waals surface area contributed by atoms with E-state index < -0.39 is 0 Å². The minimum Gasteiger partial charge on any atom is -0.506 e. The summed E-state index contributed by atoms with van der Waals surface area (Å²) >= 11 is 0. The second-order valence-corrected chi connectivity index (χ2v) is 6.23. The summed E-state index contributed by atoms with van der Waals surface area (Å²) in [6.45, 7) is 2.11. The molecule has 0 aliphatic carbocycles. The third-order valence-electron chi connectivity index (χ3n) is 4.89. The first kappa shape index (κ1) is 14.2. The highest BCUT2D eigenvalue weighted by molar-refractivity contribution is 6.07. The Morgan fingerprint density at radius 3 is 2.78 bits per heavy atom. The predicted molar refractivity (Wildman–Crippen MR) is 85.8 cm³/mol. The number of para-hydroxylation sites is 1. The molecule has 0 bridgehead atoms. The smallest absolute Gasteiger partial charge is 0.260 e. The van der Waals surface area contributed by atoms with Gasteiger partial charge in [-0.05, 0) is 30.5 Å². The molecule has 1 saturated heterocycles. The first-order valence-corrected chi connectivity index (χ1v) is 7.83. The van der Waals surface area contributed by atoms with Crippen LogP contribution in [0.4, 0.5) is 5.69 Å². The van der Waals surface area contributed by atoms with Crippen LogP contribution >= 0.6 is 0 Å². The molecule has 1 aromatic carbocycles. The fraction of sp³-hybridized carbons (Fsp3) is 0.333. The maximum Gasteiger partial charge on any atom is 0.260 e. The second-order valence-electron chi connectivity index (χ2n) is 6.23. The number of hydrogen-bond donors (Lipinski definition) is 1. The third kappa shape index (κ3) is 2.28. The summed E-state index contributed by atoms with van der Waals surface area (Å²) in [5, 5.41) is 9.59. The van der Waals surface area contributed by atoms with Crippen LogP contribution in [-0.4, -0.2) is 35.8 Å². The average Bonchev–Trinajstić information content (AvgIpc) is 2.90. The largest absolute Gasteiger partial charge is 0.506 e. The number of carbonyl (C=O) groups excluding carboxylic acids is 1. The van der Waals surface area contributed by atoms with Crippen LogP contribution in [0.2, 0.25) is 0 Å². The number of amides is 1. The molecule has 2 aliphatic rings. The van der Waals surface area contributed by atoms with Gasteiger partial charge in [-0.15, -0.1) is 0 Å². The molecule has 1 N–H and O–H groups in total. The Morgan fingerprint density at radius 2 is 2.00 bits per heavy atom. The van der Waals surface area contributed by atoms with Crippen LogP contribution in [0.5, 0.6) is 5.75 Å². The Balaban J connectivity index is 1.74. The highest BCUT2D eigenvalue weighted by Crippen LogP contribution is 2.46. The molecule has 1 spiro atoms. The zero-order chi connectivity index (χ0) is 15.9. The highest BCUT2D eigenvalue weighted by Gasteiger charge is 2.45. The Kier molecular flexibility index (Phi) is 3.31. The van der Waals surface area contributed by atoms with Gasteiger partial charge in [-0.3, -0.25) is 9.78 Å². The van der Waals surface area contributed by atoms with Gasteiger partial charge in [0.25, 0.3) is 5.91 Å². The van der Waals surface area contributed by atoms with Crippen molar-refractivity contribution in [2.45, 2.75) is 18.3 Å². The van der Waals surface area contributed by atoms with Crippen LogP contribution in [0.15, 0.2) is 42.7 Å². The molecule has 2 aromatic rings. The van der Waals surface area contributed by atoms with Crippen molar-refractivity contribution >= 4 is 11.6 Å². The summed E-state index contributed by atoms with van der Waals surface area (Å²) in [5.41, 5.74) is 2.57. The third-order valence-corrected chi connectivity index (χ3v) is 4.89. The monoisotopic (exact) mass is 310 g/mol. The Labute approximate surface area is 134 Å². The predicted octanol–water partition coefficient (Wildman–Crippen LogP) is 2.50.